The molecule has 9 heteroatoms. The predicted octanol–water partition coefficient (Wildman–Crippen LogP) is 0.730. The van der Waals surface area contributed by atoms with Crippen molar-refractivity contribution in [2.24, 2.45) is 5.84 Å². The van der Waals surface area contributed by atoms with E-state index >= 15 is 0 Å². The molecule has 0 saturated carbocycles. The fraction of sp³-hybridized carbons (Fsp3) is 0.250. The number of carbonyl (C=O) groups is 1. The van der Waals surface area contributed by atoms with Crippen LogP contribution in [-0.2, 0) is 5.75 Å². The molecule has 17 heavy (non-hydrogen) atoms. The van der Waals surface area contributed by atoms with Gasteiger partial charge in [-0.3, -0.25) is 10.2 Å². The van der Waals surface area contributed by atoms with E-state index in [1.54, 1.807) is 12.3 Å². The van der Waals surface area contributed by atoms with E-state index in [0.29, 0.717) is 21.9 Å². The third kappa shape index (κ3) is 3.02. The summed E-state index contributed by atoms with van der Waals surface area (Å²) in [5.74, 6) is 5.71. The number of nitrogens with two attached hydrogens (primary N) is 1. The van der Waals surface area contributed by atoms with Crippen LogP contribution in [0.4, 0.5) is 0 Å². The molecule has 0 unspecified atom stereocenters. The number of hydrogen-bond donors (Lipinski definition) is 2. The molecule has 7 nitrogen and oxygen atoms in total. The standard InChI is InChI=1S/C8H9N5O2S2/c1-4-12-13-8(15-4)17-3-5-2-16-7(10-5)6(14)11-9/h2H,3,9H2,1H3,(H,11,14). The summed E-state index contributed by atoms with van der Waals surface area (Å²) in [6.45, 7) is 1.73. The molecular formula is C8H9N5O2S2. The average molecular weight is 271 g/mol. The van der Waals surface area contributed by atoms with Crippen molar-refractivity contribution in [2.75, 3.05) is 0 Å². The van der Waals surface area contributed by atoms with Gasteiger partial charge in [-0.2, -0.15) is 0 Å². The normalized spacial score (nSPS) is 10.5. The van der Waals surface area contributed by atoms with Crippen molar-refractivity contribution >= 4 is 29.0 Å². The van der Waals surface area contributed by atoms with Crippen molar-refractivity contribution in [3.05, 3.63) is 22.0 Å². The first-order valence-corrected chi connectivity index (χ1v) is 6.44. The largest absolute Gasteiger partial charge is 0.416 e. The molecule has 0 aliphatic carbocycles. The number of thioether (sulfide) groups is 1. The maximum absolute atomic E-state index is 11.2. The van der Waals surface area contributed by atoms with E-state index in [-0.39, 0.29) is 5.91 Å². The molecule has 0 aromatic carbocycles. The number of rotatable bonds is 4. The highest BCUT2D eigenvalue weighted by atomic mass is 32.2. The van der Waals surface area contributed by atoms with Gasteiger partial charge in [-0.15, -0.1) is 21.5 Å². The summed E-state index contributed by atoms with van der Waals surface area (Å²) in [4.78, 5) is 15.3. The lowest BCUT2D eigenvalue weighted by Gasteiger charge is -1.92. The number of amides is 1. The molecule has 0 aliphatic rings. The third-order valence-corrected chi connectivity index (χ3v) is 3.47. The van der Waals surface area contributed by atoms with Crippen molar-refractivity contribution in [3.8, 4) is 0 Å². The van der Waals surface area contributed by atoms with Gasteiger partial charge in [-0.05, 0) is 0 Å². The van der Waals surface area contributed by atoms with Gasteiger partial charge in [0.25, 0.3) is 11.1 Å². The molecule has 0 bridgehead atoms. The molecule has 3 N–H and O–H groups in total. The van der Waals surface area contributed by atoms with Gasteiger partial charge in [0.15, 0.2) is 5.01 Å². The maximum Gasteiger partial charge on any atom is 0.294 e. The number of aryl methyl sites for hydroxylation is 1. The monoisotopic (exact) mass is 271 g/mol. The fourth-order valence-corrected chi connectivity index (χ4v) is 2.53. The molecular weight excluding hydrogens is 262 g/mol. The first-order valence-electron chi connectivity index (χ1n) is 4.57. The molecule has 2 heterocycles. The SMILES string of the molecule is Cc1nnc(SCc2csc(C(=O)NN)n2)o1. The summed E-state index contributed by atoms with van der Waals surface area (Å²) in [6, 6.07) is 0. The van der Waals surface area contributed by atoms with Crippen LogP contribution < -0.4 is 11.3 Å². The van der Waals surface area contributed by atoms with Gasteiger partial charge in [-0.1, -0.05) is 11.8 Å². The predicted molar refractivity (Wildman–Crippen MR) is 62.4 cm³/mol. The van der Waals surface area contributed by atoms with Crippen molar-refractivity contribution in [3.63, 3.8) is 0 Å². The van der Waals surface area contributed by atoms with E-state index in [1.165, 1.54) is 23.1 Å². The topological polar surface area (TPSA) is 107 Å². The number of carbonyl (C=O) groups excluding carboxylic acids is 1. The Bertz CT molecular complexity index is 523. The van der Waals surface area contributed by atoms with Gasteiger partial charge in [0.1, 0.15) is 0 Å². The van der Waals surface area contributed by atoms with Crippen LogP contribution in [0.1, 0.15) is 21.4 Å². The van der Waals surface area contributed by atoms with Gasteiger partial charge in [0.2, 0.25) is 5.89 Å². The van der Waals surface area contributed by atoms with Crippen LogP contribution >= 0.6 is 23.1 Å². The van der Waals surface area contributed by atoms with Crippen LogP contribution in [-0.4, -0.2) is 21.1 Å². The van der Waals surface area contributed by atoms with Gasteiger partial charge < -0.3 is 4.42 Å². The van der Waals surface area contributed by atoms with Crippen molar-refractivity contribution in [1.29, 1.82) is 0 Å². The van der Waals surface area contributed by atoms with E-state index in [9.17, 15) is 4.79 Å². The minimum Gasteiger partial charge on any atom is -0.416 e. The minimum atomic E-state index is -0.389. The Morgan fingerprint density at radius 3 is 3.12 bits per heavy atom. The van der Waals surface area contributed by atoms with Crippen LogP contribution in [0, 0.1) is 6.92 Å². The molecule has 0 radical (unpaired) electrons. The Balaban J connectivity index is 1.95. The smallest absolute Gasteiger partial charge is 0.294 e. The molecule has 2 aromatic heterocycles. The lowest BCUT2D eigenvalue weighted by atomic mass is 10.5. The lowest BCUT2D eigenvalue weighted by Crippen LogP contribution is -2.29. The zero-order valence-electron chi connectivity index (χ0n) is 8.84. The van der Waals surface area contributed by atoms with Gasteiger partial charge in [0, 0.05) is 18.1 Å². The molecule has 2 rings (SSSR count). The third-order valence-electron chi connectivity index (χ3n) is 1.73. The Labute approximate surface area is 105 Å². The number of aromatic nitrogens is 3. The summed E-state index contributed by atoms with van der Waals surface area (Å²) >= 11 is 2.61. The molecule has 0 fully saturated rings. The zero-order chi connectivity index (χ0) is 12.3. The quantitative estimate of drug-likeness (QED) is 0.365. The Morgan fingerprint density at radius 2 is 2.47 bits per heavy atom. The Hall–Kier alpha value is -1.45. The highest BCUT2D eigenvalue weighted by Gasteiger charge is 2.10. The van der Waals surface area contributed by atoms with E-state index in [4.69, 9.17) is 10.3 Å². The first kappa shape index (κ1) is 12.0. The first-order chi connectivity index (χ1) is 8.19. The molecule has 2 aromatic rings. The van der Waals surface area contributed by atoms with Crippen LogP contribution in [0.2, 0.25) is 0 Å². The second-order valence-electron chi connectivity index (χ2n) is 2.99. The molecule has 0 aliphatic heterocycles. The fourth-order valence-electron chi connectivity index (χ4n) is 1.01. The van der Waals surface area contributed by atoms with E-state index in [1.807, 2.05) is 5.43 Å². The summed E-state index contributed by atoms with van der Waals surface area (Å²) < 4.78 is 5.20. The van der Waals surface area contributed by atoms with Gasteiger partial charge >= 0.3 is 0 Å². The van der Waals surface area contributed by atoms with Crippen LogP contribution in [0.3, 0.4) is 0 Å². The van der Waals surface area contributed by atoms with Gasteiger partial charge in [0.05, 0.1) is 5.69 Å². The summed E-state index contributed by atoms with van der Waals surface area (Å²) in [5.41, 5.74) is 2.81. The second-order valence-corrected chi connectivity index (χ2v) is 4.78. The number of thiazole rings is 1. The van der Waals surface area contributed by atoms with Crippen LogP contribution in [0.15, 0.2) is 15.0 Å². The van der Waals surface area contributed by atoms with Crippen molar-refractivity contribution < 1.29 is 9.21 Å². The molecule has 0 saturated heterocycles. The zero-order valence-corrected chi connectivity index (χ0v) is 10.5. The van der Waals surface area contributed by atoms with Gasteiger partial charge in [-0.25, -0.2) is 10.8 Å². The number of hydrogen-bond acceptors (Lipinski definition) is 8. The summed E-state index contributed by atoms with van der Waals surface area (Å²) in [6.07, 6.45) is 0. The maximum atomic E-state index is 11.2. The van der Waals surface area contributed by atoms with Crippen LogP contribution in [0.25, 0.3) is 0 Å². The minimum absolute atomic E-state index is 0.338. The lowest BCUT2D eigenvalue weighted by molar-refractivity contribution is 0.0953. The number of nitrogens with zero attached hydrogens (tertiary/aromatic N) is 3. The number of nitrogen functional groups attached to an aromatic ring is 1. The second kappa shape index (κ2) is 5.25. The molecule has 0 atom stereocenters. The average Bonchev–Trinajstić information content (AvgIpc) is 2.94. The Kier molecular flexibility index (Phi) is 3.71. The molecule has 0 spiro atoms. The highest BCUT2D eigenvalue weighted by molar-refractivity contribution is 7.98. The van der Waals surface area contributed by atoms with E-state index in [2.05, 4.69) is 15.2 Å². The molecule has 1 amide bonds. The summed E-state index contributed by atoms with van der Waals surface area (Å²) in [5, 5.41) is 10.2. The van der Waals surface area contributed by atoms with E-state index in [0.717, 1.165) is 5.69 Å². The van der Waals surface area contributed by atoms with Crippen molar-refractivity contribution in [2.45, 2.75) is 17.9 Å². The highest BCUT2D eigenvalue weighted by Crippen LogP contribution is 2.22. The number of nitrogens with one attached hydrogen (secondary N) is 1. The van der Waals surface area contributed by atoms with E-state index < -0.39 is 0 Å². The van der Waals surface area contributed by atoms with Crippen molar-refractivity contribution in [1.82, 2.24) is 20.6 Å². The van der Waals surface area contributed by atoms with Crippen LogP contribution in [0.5, 0.6) is 0 Å². The Morgan fingerprint density at radius 1 is 1.65 bits per heavy atom. The summed E-state index contributed by atoms with van der Waals surface area (Å²) in [7, 11) is 0. The molecule has 90 valence electrons. The number of hydrazine groups is 1.